The van der Waals surface area contributed by atoms with E-state index in [-0.39, 0.29) is 18.4 Å². The first kappa shape index (κ1) is 18.7. The van der Waals surface area contributed by atoms with Crippen molar-refractivity contribution >= 4 is 23.2 Å². The molecule has 1 aromatic heterocycles. The Hall–Kier alpha value is -3.61. The predicted molar refractivity (Wildman–Crippen MR) is 111 cm³/mol. The fourth-order valence-corrected chi connectivity index (χ4v) is 3.42. The van der Waals surface area contributed by atoms with Crippen molar-refractivity contribution in [2.45, 2.75) is 26.7 Å². The maximum Gasteiger partial charge on any atom is 0.262 e. The number of aromatic nitrogens is 2. The SMILES string of the molecule is Cc1nn(-c2ccccc2)c(C)c1NC(=O)COc1ccc2c(c1)CCC(=O)N2. The number of nitrogens with one attached hydrogen (secondary N) is 2. The molecule has 1 aliphatic rings. The maximum atomic E-state index is 12.4. The Balaban J connectivity index is 1.42. The van der Waals surface area contributed by atoms with Crippen LogP contribution in [0.1, 0.15) is 23.4 Å². The largest absolute Gasteiger partial charge is 0.484 e. The molecule has 148 valence electrons. The first-order chi connectivity index (χ1) is 14.0. The predicted octanol–water partition coefficient (Wildman–Crippen LogP) is 3.39. The molecule has 0 saturated heterocycles. The Morgan fingerprint density at radius 3 is 2.76 bits per heavy atom. The fourth-order valence-electron chi connectivity index (χ4n) is 3.42. The number of anilines is 2. The molecule has 0 atom stereocenters. The fraction of sp³-hybridized carbons (Fsp3) is 0.227. The lowest BCUT2D eigenvalue weighted by Gasteiger charge is -2.17. The zero-order chi connectivity index (χ0) is 20.4. The number of benzene rings is 2. The van der Waals surface area contributed by atoms with Crippen molar-refractivity contribution in [3.8, 4) is 11.4 Å². The van der Waals surface area contributed by atoms with Crippen LogP contribution in [0.15, 0.2) is 48.5 Å². The Morgan fingerprint density at radius 1 is 1.17 bits per heavy atom. The number of fused-ring (bicyclic) bond motifs is 1. The van der Waals surface area contributed by atoms with Gasteiger partial charge in [-0.05, 0) is 56.2 Å². The Morgan fingerprint density at radius 2 is 1.97 bits per heavy atom. The number of rotatable bonds is 5. The second-order valence-corrected chi connectivity index (χ2v) is 7.00. The number of nitrogens with zero attached hydrogens (tertiary/aromatic N) is 2. The Bertz CT molecular complexity index is 1070. The minimum Gasteiger partial charge on any atom is -0.484 e. The van der Waals surface area contributed by atoms with E-state index in [2.05, 4.69) is 15.7 Å². The monoisotopic (exact) mass is 390 g/mol. The second kappa shape index (κ2) is 7.79. The van der Waals surface area contributed by atoms with Crippen LogP contribution in [-0.4, -0.2) is 28.2 Å². The van der Waals surface area contributed by atoms with E-state index < -0.39 is 0 Å². The summed E-state index contributed by atoms with van der Waals surface area (Å²) < 4.78 is 7.46. The van der Waals surface area contributed by atoms with E-state index in [1.165, 1.54) is 0 Å². The lowest BCUT2D eigenvalue weighted by molar-refractivity contribution is -0.118. The number of carbonyl (C=O) groups excluding carboxylic acids is 2. The van der Waals surface area contributed by atoms with Gasteiger partial charge in [-0.1, -0.05) is 18.2 Å². The van der Waals surface area contributed by atoms with Crippen molar-refractivity contribution in [3.63, 3.8) is 0 Å². The van der Waals surface area contributed by atoms with Gasteiger partial charge in [-0.15, -0.1) is 0 Å². The molecular formula is C22H22N4O3. The summed E-state index contributed by atoms with van der Waals surface area (Å²) in [6, 6.07) is 15.2. The molecule has 0 unspecified atom stereocenters. The first-order valence-corrected chi connectivity index (χ1v) is 9.48. The van der Waals surface area contributed by atoms with Gasteiger partial charge in [0.2, 0.25) is 5.91 Å². The molecule has 0 spiro atoms. The summed E-state index contributed by atoms with van der Waals surface area (Å²) in [7, 11) is 0. The number of aryl methyl sites for hydroxylation is 2. The van der Waals surface area contributed by atoms with Crippen LogP contribution in [-0.2, 0) is 16.0 Å². The average molecular weight is 390 g/mol. The van der Waals surface area contributed by atoms with E-state index in [0.717, 1.165) is 28.3 Å². The quantitative estimate of drug-likeness (QED) is 0.699. The van der Waals surface area contributed by atoms with Crippen molar-refractivity contribution in [2.24, 2.45) is 0 Å². The lowest BCUT2D eigenvalue weighted by Crippen LogP contribution is -2.21. The first-order valence-electron chi connectivity index (χ1n) is 9.48. The molecule has 2 N–H and O–H groups in total. The molecule has 0 bridgehead atoms. The van der Waals surface area contributed by atoms with Gasteiger partial charge < -0.3 is 15.4 Å². The van der Waals surface area contributed by atoms with Crippen LogP contribution in [0.4, 0.5) is 11.4 Å². The number of hydrogen-bond acceptors (Lipinski definition) is 4. The van der Waals surface area contributed by atoms with Crippen molar-refractivity contribution in [3.05, 3.63) is 65.5 Å². The third kappa shape index (κ3) is 3.99. The normalized spacial score (nSPS) is 12.8. The Kier molecular flexibility index (Phi) is 5.03. The van der Waals surface area contributed by atoms with Gasteiger partial charge in [-0.25, -0.2) is 4.68 Å². The van der Waals surface area contributed by atoms with E-state index in [1.807, 2.05) is 54.9 Å². The molecule has 4 rings (SSSR count). The molecule has 0 fully saturated rings. The number of ether oxygens (including phenoxy) is 1. The van der Waals surface area contributed by atoms with Crippen LogP contribution in [0.5, 0.6) is 5.75 Å². The van der Waals surface area contributed by atoms with Crippen LogP contribution in [0.25, 0.3) is 5.69 Å². The number of amides is 2. The van der Waals surface area contributed by atoms with Gasteiger partial charge in [0.15, 0.2) is 6.61 Å². The highest BCUT2D eigenvalue weighted by molar-refractivity contribution is 5.94. The zero-order valence-corrected chi connectivity index (χ0v) is 16.4. The van der Waals surface area contributed by atoms with E-state index in [4.69, 9.17) is 4.74 Å². The summed E-state index contributed by atoms with van der Waals surface area (Å²) in [4.78, 5) is 23.9. The molecule has 29 heavy (non-hydrogen) atoms. The molecule has 0 radical (unpaired) electrons. The van der Waals surface area contributed by atoms with Crippen molar-refractivity contribution in [2.75, 3.05) is 17.2 Å². The molecule has 2 amide bonds. The van der Waals surface area contributed by atoms with Crippen molar-refractivity contribution in [1.82, 2.24) is 9.78 Å². The van der Waals surface area contributed by atoms with Gasteiger partial charge in [0.25, 0.3) is 5.91 Å². The summed E-state index contributed by atoms with van der Waals surface area (Å²) >= 11 is 0. The summed E-state index contributed by atoms with van der Waals surface area (Å²) in [5.74, 6) is 0.366. The van der Waals surface area contributed by atoms with Gasteiger partial charge in [0.05, 0.1) is 22.8 Å². The second-order valence-electron chi connectivity index (χ2n) is 7.00. The van der Waals surface area contributed by atoms with Crippen molar-refractivity contribution in [1.29, 1.82) is 0 Å². The number of carbonyl (C=O) groups is 2. The van der Waals surface area contributed by atoms with E-state index in [9.17, 15) is 9.59 Å². The smallest absolute Gasteiger partial charge is 0.262 e. The molecule has 7 heteroatoms. The van der Waals surface area contributed by atoms with Crippen molar-refractivity contribution < 1.29 is 14.3 Å². The van der Waals surface area contributed by atoms with Gasteiger partial charge in [0, 0.05) is 12.1 Å². The summed E-state index contributed by atoms with van der Waals surface area (Å²) in [5, 5.41) is 10.3. The van der Waals surface area contributed by atoms with Gasteiger partial charge in [0.1, 0.15) is 5.75 Å². The van der Waals surface area contributed by atoms with Crippen LogP contribution in [0.3, 0.4) is 0 Å². The highest BCUT2D eigenvalue weighted by atomic mass is 16.5. The van der Waals surface area contributed by atoms with Crippen LogP contribution >= 0.6 is 0 Å². The number of para-hydroxylation sites is 1. The van der Waals surface area contributed by atoms with Gasteiger partial charge >= 0.3 is 0 Å². The summed E-state index contributed by atoms with van der Waals surface area (Å²) in [6.07, 6.45) is 1.13. The third-order valence-corrected chi connectivity index (χ3v) is 4.90. The van der Waals surface area contributed by atoms with E-state index >= 15 is 0 Å². The molecular weight excluding hydrogens is 368 g/mol. The maximum absolute atomic E-state index is 12.4. The lowest BCUT2D eigenvalue weighted by atomic mass is 10.0. The van der Waals surface area contributed by atoms with Crippen LogP contribution < -0.4 is 15.4 Å². The molecule has 2 heterocycles. The zero-order valence-electron chi connectivity index (χ0n) is 16.4. The minimum atomic E-state index is -0.255. The standard InChI is InChI=1S/C22H22N4O3/c1-14-22(15(2)26(25-14)17-6-4-3-5-7-17)24-21(28)13-29-18-9-10-19-16(12-18)8-11-20(27)23-19/h3-7,9-10,12H,8,11,13H2,1-2H3,(H,23,27)(H,24,28). The highest BCUT2D eigenvalue weighted by Crippen LogP contribution is 2.27. The molecule has 2 aromatic carbocycles. The average Bonchev–Trinajstić information content (AvgIpc) is 3.01. The van der Waals surface area contributed by atoms with Crippen LogP contribution in [0.2, 0.25) is 0 Å². The highest BCUT2D eigenvalue weighted by Gasteiger charge is 2.17. The molecule has 0 aliphatic carbocycles. The van der Waals surface area contributed by atoms with Crippen LogP contribution in [0, 0.1) is 13.8 Å². The van der Waals surface area contributed by atoms with E-state index in [0.29, 0.717) is 24.3 Å². The molecule has 3 aromatic rings. The summed E-state index contributed by atoms with van der Waals surface area (Å²) in [6.45, 7) is 3.67. The topological polar surface area (TPSA) is 85.2 Å². The minimum absolute atomic E-state index is 0.0207. The van der Waals surface area contributed by atoms with Gasteiger partial charge in [-0.2, -0.15) is 5.10 Å². The van der Waals surface area contributed by atoms with Gasteiger partial charge in [-0.3, -0.25) is 9.59 Å². The number of hydrogen-bond donors (Lipinski definition) is 2. The summed E-state index contributed by atoms with van der Waals surface area (Å²) in [5.41, 5.74) is 5.04. The molecule has 0 saturated carbocycles. The Labute approximate surface area is 168 Å². The third-order valence-electron chi connectivity index (χ3n) is 4.90. The van der Waals surface area contributed by atoms with E-state index in [1.54, 1.807) is 12.1 Å². The molecule has 1 aliphatic heterocycles. The molecule has 7 nitrogen and oxygen atoms in total.